The maximum atomic E-state index is 12.1. The molecule has 1 aliphatic heterocycles. The Kier molecular flexibility index (Phi) is 4.51. The van der Waals surface area contributed by atoms with Crippen LogP contribution < -0.4 is 9.47 Å². The standard InChI is InChI=1S/C19H20N2O3/c1-13(22)21-18(14-7-6-8-15(11-14)23-2)12-17(20-21)16-9-4-5-10-19(16)24-3/h4-11,18H,12H2,1-3H3. The van der Waals surface area contributed by atoms with Crippen LogP contribution in [-0.2, 0) is 4.79 Å². The van der Waals surface area contributed by atoms with Crippen LogP contribution >= 0.6 is 0 Å². The largest absolute Gasteiger partial charge is 0.497 e. The van der Waals surface area contributed by atoms with Crippen molar-refractivity contribution in [3.8, 4) is 11.5 Å². The van der Waals surface area contributed by atoms with Crippen LogP contribution in [0.2, 0.25) is 0 Å². The molecule has 124 valence electrons. The van der Waals surface area contributed by atoms with E-state index in [-0.39, 0.29) is 11.9 Å². The number of methoxy groups -OCH3 is 2. The molecule has 2 aromatic carbocycles. The van der Waals surface area contributed by atoms with Gasteiger partial charge in [-0.2, -0.15) is 5.10 Å². The molecule has 0 aromatic heterocycles. The van der Waals surface area contributed by atoms with E-state index in [0.29, 0.717) is 6.42 Å². The average molecular weight is 324 g/mol. The van der Waals surface area contributed by atoms with Crippen molar-refractivity contribution in [2.75, 3.05) is 14.2 Å². The van der Waals surface area contributed by atoms with Gasteiger partial charge in [0.15, 0.2) is 0 Å². The van der Waals surface area contributed by atoms with Crippen molar-refractivity contribution in [1.82, 2.24) is 5.01 Å². The first-order valence-electron chi connectivity index (χ1n) is 7.78. The SMILES string of the molecule is COc1cccc(C2CC(c3ccccc3OC)=NN2C(C)=O)c1. The number of nitrogens with zero attached hydrogens (tertiary/aromatic N) is 2. The summed E-state index contributed by atoms with van der Waals surface area (Å²) < 4.78 is 10.7. The lowest BCUT2D eigenvalue weighted by molar-refractivity contribution is -0.130. The molecule has 1 unspecified atom stereocenters. The van der Waals surface area contributed by atoms with Crippen LogP contribution in [0.1, 0.15) is 30.5 Å². The molecule has 1 amide bonds. The molecule has 0 N–H and O–H groups in total. The smallest absolute Gasteiger partial charge is 0.240 e. The summed E-state index contributed by atoms with van der Waals surface area (Å²) >= 11 is 0. The number of amides is 1. The van der Waals surface area contributed by atoms with Gasteiger partial charge in [0, 0.05) is 18.9 Å². The van der Waals surface area contributed by atoms with Gasteiger partial charge in [0.2, 0.25) is 5.91 Å². The summed E-state index contributed by atoms with van der Waals surface area (Å²) in [5.74, 6) is 1.43. The fourth-order valence-corrected chi connectivity index (χ4v) is 2.95. The van der Waals surface area contributed by atoms with Crippen molar-refractivity contribution in [3.05, 3.63) is 59.7 Å². The number of carbonyl (C=O) groups is 1. The monoisotopic (exact) mass is 324 g/mol. The maximum absolute atomic E-state index is 12.1. The van der Waals surface area contributed by atoms with Gasteiger partial charge in [0.25, 0.3) is 0 Å². The highest BCUT2D eigenvalue weighted by Gasteiger charge is 2.32. The molecular weight excluding hydrogens is 304 g/mol. The third kappa shape index (κ3) is 2.97. The third-order valence-electron chi connectivity index (χ3n) is 4.13. The number of hydrogen-bond acceptors (Lipinski definition) is 4. The van der Waals surface area contributed by atoms with Crippen LogP contribution in [0, 0.1) is 0 Å². The van der Waals surface area contributed by atoms with E-state index < -0.39 is 0 Å². The van der Waals surface area contributed by atoms with E-state index in [1.165, 1.54) is 11.9 Å². The van der Waals surface area contributed by atoms with Crippen LogP contribution in [0.25, 0.3) is 0 Å². The molecule has 5 nitrogen and oxygen atoms in total. The quantitative estimate of drug-likeness (QED) is 0.866. The van der Waals surface area contributed by atoms with Crippen LogP contribution in [0.15, 0.2) is 53.6 Å². The topological polar surface area (TPSA) is 51.1 Å². The summed E-state index contributed by atoms with van der Waals surface area (Å²) in [6.45, 7) is 1.53. The molecule has 5 heteroatoms. The highest BCUT2D eigenvalue weighted by atomic mass is 16.5. The molecule has 24 heavy (non-hydrogen) atoms. The molecule has 0 saturated carbocycles. The van der Waals surface area contributed by atoms with E-state index in [4.69, 9.17) is 9.47 Å². The minimum absolute atomic E-state index is 0.0901. The maximum Gasteiger partial charge on any atom is 0.240 e. The number of hydrazone groups is 1. The number of ether oxygens (including phenoxy) is 2. The summed E-state index contributed by atoms with van der Waals surface area (Å²) in [5, 5.41) is 6.10. The normalized spacial score (nSPS) is 16.7. The Bertz CT molecular complexity index is 786. The second-order valence-corrected chi connectivity index (χ2v) is 5.61. The number of rotatable bonds is 4. The van der Waals surface area contributed by atoms with Gasteiger partial charge in [-0.15, -0.1) is 0 Å². The van der Waals surface area contributed by atoms with Crippen molar-refractivity contribution < 1.29 is 14.3 Å². The first kappa shape index (κ1) is 16.1. The van der Waals surface area contributed by atoms with Gasteiger partial charge in [-0.1, -0.05) is 24.3 Å². The van der Waals surface area contributed by atoms with Crippen molar-refractivity contribution in [2.45, 2.75) is 19.4 Å². The minimum atomic E-state index is -0.141. The summed E-state index contributed by atoms with van der Waals surface area (Å²) in [4.78, 5) is 12.1. The zero-order valence-corrected chi connectivity index (χ0v) is 14.0. The van der Waals surface area contributed by atoms with E-state index in [2.05, 4.69) is 5.10 Å². The predicted octanol–water partition coefficient (Wildman–Crippen LogP) is 3.40. The Morgan fingerprint density at radius 2 is 1.92 bits per heavy atom. The second-order valence-electron chi connectivity index (χ2n) is 5.61. The van der Waals surface area contributed by atoms with E-state index in [9.17, 15) is 4.79 Å². The summed E-state index contributed by atoms with van der Waals surface area (Å²) in [7, 11) is 3.27. The van der Waals surface area contributed by atoms with Crippen LogP contribution in [0.5, 0.6) is 11.5 Å². The van der Waals surface area contributed by atoms with Crippen LogP contribution in [-0.4, -0.2) is 30.8 Å². The van der Waals surface area contributed by atoms with E-state index in [0.717, 1.165) is 28.3 Å². The number of para-hydroxylation sites is 1. The third-order valence-corrected chi connectivity index (χ3v) is 4.13. The van der Waals surface area contributed by atoms with Crippen molar-refractivity contribution in [1.29, 1.82) is 0 Å². The Morgan fingerprint density at radius 1 is 1.12 bits per heavy atom. The second kappa shape index (κ2) is 6.74. The lowest BCUT2D eigenvalue weighted by atomic mass is 9.98. The highest BCUT2D eigenvalue weighted by molar-refractivity contribution is 6.05. The molecule has 3 rings (SSSR count). The van der Waals surface area contributed by atoms with Gasteiger partial charge < -0.3 is 9.47 Å². The highest BCUT2D eigenvalue weighted by Crippen LogP contribution is 2.35. The van der Waals surface area contributed by atoms with Gasteiger partial charge in [0.05, 0.1) is 26.0 Å². The number of benzene rings is 2. The molecule has 0 radical (unpaired) electrons. The van der Waals surface area contributed by atoms with Gasteiger partial charge in [-0.25, -0.2) is 5.01 Å². The first-order valence-corrected chi connectivity index (χ1v) is 7.78. The van der Waals surface area contributed by atoms with Crippen LogP contribution in [0.4, 0.5) is 0 Å². The van der Waals surface area contributed by atoms with Gasteiger partial charge in [0.1, 0.15) is 11.5 Å². The number of carbonyl (C=O) groups excluding carboxylic acids is 1. The lowest BCUT2D eigenvalue weighted by Crippen LogP contribution is -2.24. The molecule has 2 aromatic rings. The number of hydrogen-bond donors (Lipinski definition) is 0. The van der Waals surface area contributed by atoms with Crippen LogP contribution in [0.3, 0.4) is 0 Å². The van der Waals surface area contributed by atoms with E-state index >= 15 is 0 Å². The molecule has 1 heterocycles. The average Bonchev–Trinajstić information content (AvgIpc) is 3.07. The molecule has 1 aliphatic rings. The Labute approximate surface area is 141 Å². The molecule has 0 aliphatic carbocycles. The Morgan fingerprint density at radius 3 is 2.62 bits per heavy atom. The fourth-order valence-electron chi connectivity index (χ4n) is 2.95. The zero-order chi connectivity index (χ0) is 17.1. The van der Waals surface area contributed by atoms with Gasteiger partial charge in [-0.3, -0.25) is 4.79 Å². The summed E-state index contributed by atoms with van der Waals surface area (Å²) in [6.07, 6.45) is 0.632. The molecule has 0 bridgehead atoms. The van der Waals surface area contributed by atoms with Crippen molar-refractivity contribution in [3.63, 3.8) is 0 Å². The molecule has 0 fully saturated rings. The first-order chi connectivity index (χ1) is 11.6. The van der Waals surface area contributed by atoms with Crippen molar-refractivity contribution in [2.24, 2.45) is 5.10 Å². The van der Waals surface area contributed by atoms with Crippen molar-refractivity contribution >= 4 is 11.6 Å². The molecule has 0 spiro atoms. The van der Waals surface area contributed by atoms with E-state index in [1.807, 2.05) is 48.5 Å². The predicted molar refractivity (Wildman–Crippen MR) is 92.4 cm³/mol. The van der Waals surface area contributed by atoms with Gasteiger partial charge >= 0.3 is 0 Å². The Hall–Kier alpha value is -2.82. The van der Waals surface area contributed by atoms with E-state index in [1.54, 1.807) is 14.2 Å². The Balaban J connectivity index is 1.98. The zero-order valence-electron chi connectivity index (χ0n) is 14.0. The minimum Gasteiger partial charge on any atom is -0.497 e. The summed E-state index contributed by atoms with van der Waals surface area (Å²) in [6, 6.07) is 15.3. The summed E-state index contributed by atoms with van der Waals surface area (Å²) in [5.41, 5.74) is 2.75. The lowest BCUT2D eigenvalue weighted by Gasteiger charge is -2.20. The molecular formula is C19H20N2O3. The fraction of sp³-hybridized carbons (Fsp3) is 0.263. The van der Waals surface area contributed by atoms with Gasteiger partial charge in [-0.05, 0) is 29.8 Å². The molecule has 1 atom stereocenters. The molecule has 0 saturated heterocycles.